The quantitative estimate of drug-likeness (QED) is 0.523. The maximum atomic E-state index is 12.9. The molecular weight excluding hydrogens is 408 g/mol. The molecule has 0 unspecified atom stereocenters. The van der Waals surface area contributed by atoms with Crippen molar-refractivity contribution in [3.05, 3.63) is 36.9 Å². The number of carbonyl (C=O) groups is 3. The zero-order chi connectivity index (χ0) is 21.9. The van der Waals surface area contributed by atoms with E-state index in [2.05, 4.69) is 11.9 Å². The standard InChI is InChI=1S/C20H26N4O5S/c1-3-10-22-13-14-24(20(27)19(22)26)17-8-11-23(12-9-17)30(28,29)18-6-4-16(5-7-18)21-15(2)25/h3-7,17H,1,8-14H2,2H3,(H,21,25). The third-order valence-electron chi connectivity index (χ3n) is 5.37. The van der Waals surface area contributed by atoms with Crippen LogP contribution in [-0.2, 0) is 24.4 Å². The van der Waals surface area contributed by atoms with Crippen LogP contribution in [0, 0.1) is 0 Å². The van der Waals surface area contributed by atoms with Gasteiger partial charge in [0.05, 0.1) is 4.90 Å². The van der Waals surface area contributed by atoms with Crippen LogP contribution >= 0.6 is 0 Å². The van der Waals surface area contributed by atoms with Crippen LogP contribution in [0.2, 0.25) is 0 Å². The van der Waals surface area contributed by atoms with Gasteiger partial charge in [0.15, 0.2) is 0 Å². The zero-order valence-electron chi connectivity index (χ0n) is 16.9. The lowest BCUT2D eigenvalue weighted by Crippen LogP contribution is -2.59. The van der Waals surface area contributed by atoms with Gasteiger partial charge in [-0.3, -0.25) is 14.4 Å². The number of sulfonamides is 1. The highest BCUT2D eigenvalue weighted by Gasteiger charge is 2.38. The lowest BCUT2D eigenvalue weighted by atomic mass is 10.0. The number of nitrogens with one attached hydrogen (secondary N) is 1. The summed E-state index contributed by atoms with van der Waals surface area (Å²) in [6.07, 6.45) is 2.54. The minimum Gasteiger partial charge on any atom is -0.330 e. The van der Waals surface area contributed by atoms with E-state index in [1.807, 2.05) is 0 Å². The van der Waals surface area contributed by atoms with Gasteiger partial charge in [0.1, 0.15) is 0 Å². The molecule has 3 rings (SSSR count). The molecule has 2 aliphatic heterocycles. The van der Waals surface area contributed by atoms with Crippen molar-refractivity contribution < 1.29 is 22.8 Å². The second-order valence-electron chi connectivity index (χ2n) is 7.38. The van der Waals surface area contributed by atoms with E-state index in [0.29, 0.717) is 38.2 Å². The summed E-state index contributed by atoms with van der Waals surface area (Å²) in [6, 6.07) is 5.88. The summed E-state index contributed by atoms with van der Waals surface area (Å²) in [6.45, 7) is 6.77. The number of hydrogen-bond acceptors (Lipinski definition) is 5. The van der Waals surface area contributed by atoms with E-state index in [0.717, 1.165) is 0 Å². The monoisotopic (exact) mass is 434 g/mol. The summed E-state index contributed by atoms with van der Waals surface area (Å²) in [7, 11) is -3.67. The number of rotatable bonds is 6. The summed E-state index contributed by atoms with van der Waals surface area (Å²) in [5, 5.41) is 2.60. The summed E-state index contributed by atoms with van der Waals surface area (Å²) >= 11 is 0. The minimum absolute atomic E-state index is 0.152. The van der Waals surface area contributed by atoms with Crippen molar-refractivity contribution in [3.63, 3.8) is 0 Å². The first-order chi connectivity index (χ1) is 14.2. The molecule has 2 aliphatic rings. The highest BCUT2D eigenvalue weighted by molar-refractivity contribution is 7.89. The van der Waals surface area contributed by atoms with Crippen LogP contribution in [0.1, 0.15) is 19.8 Å². The number of carbonyl (C=O) groups excluding carboxylic acids is 3. The molecule has 0 atom stereocenters. The topological polar surface area (TPSA) is 107 Å². The third kappa shape index (κ3) is 4.54. The molecule has 3 amide bonds. The van der Waals surface area contributed by atoms with Crippen LogP contribution in [0.4, 0.5) is 5.69 Å². The molecule has 2 saturated heterocycles. The van der Waals surface area contributed by atoms with Gasteiger partial charge in [-0.05, 0) is 37.1 Å². The molecule has 1 aromatic carbocycles. The molecule has 0 radical (unpaired) electrons. The number of benzene rings is 1. The van der Waals surface area contributed by atoms with E-state index in [4.69, 9.17) is 0 Å². The molecule has 0 aliphatic carbocycles. The summed E-state index contributed by atoms with van der Waals surface area (Å²) in [5.41, 5.74) is 0.527. The molecule has 1 N–H and O–H groups in total. The summed E-state index contributed by atoms with van der Waals surface area (Å²) in [4.78, 5) is 39.0. The average molecular weight is 435 g/mol. The fourth-order valence-electron chi connectivity index (χ4n) is 3.82. The highest BCUT2D eigenvalue weighted by Crippen LogP contribution is 2.25. The van der Waals surface area contributed by atoms with Crippen LogP contribution in [0.5, 0.6) is 0 Å². The first-order valence-corrected chi connectivity index (χ1v) is 11.3. The zero-order valence-corrected chi connectivity index (χ0v) is 17.7. The predicted molar refractivity (Wildman–Crippen MR) is 111 cm³/mol. The first-order valence-electron chi connectivity index (χ1n) is 9.82. The lowest BCUT2D eigenvalue weighted by molar-refractivity contribution is -0.157. The second kappa shape index (κ2) is 8.97. The number of piperidine rings is 1. The van der Waals surface area contributed by atoms with Gasteiger partial charge >= 0.3 is 11.8 Å². The van der Waals surface area contributed by atoms with Gasteiger partial charge in [-0.25, -0.2) is 8.42 Å². The Bertz CT molecular complexity index is 936. The molecule has 0 saturated carbocycles. The molecule has 0 aromatic heterocycles. The molecule has 162 valence electrons. The van der Waals surface area contributed by atoms with E-state index in [1.165, 1.54) is 28.3 Å². The minimum atomic E-state index is -3.67. The van der Waals surface area contributed by atoms with E-state index < -0.39 is 21.8 Å². The van der Waals surface area contributed by atoms with Gasteiger partial charge in [0.25, 0.3) is 0 Å². The van der Waals surface area contributed by atoms with Crippen LogP contribution in [0.3, 0.4) is 0 Å². The molecule has 9 nitrogen and oxygen atoms in total. The summed E-state index contributed by atoms with van der Waals surface area (Å²) in [5.74, 6) is -1.29. The largest absolute Gasteiger partial charge is 0.330 e. The van der Waals surface area contributed by atoms with Gasteiger partial charge in [-0.1, -0.05) is 6.08 Å². The Morgan fingerprint density at radius 1 is 1.10 bits per heavy atom. The van der Waals surface area contributed by atoms with E-state index >= 15 is 0 Å². The average Bonchev–Trinajstić information content (AvgIpc) is 2.72. The van der Waals surface area contributed by atoms with Gasteiger partial charge < -0.3 is 15.1 Å². The summed E-state index contributed by atoms with van der Waals surface area (Å²) < 4.78 is 27.2. The third-order valence-corrected chi connectivity index (χ3v) is 7.28. The Kier molecular flexibility index (Phi) is 6.57. The van der Waals surface area contributed by atoms with Crippen molar-refractivity contribution in [2.45, 2.75) is 30.7 Å². The molecule has 2 heterocycles. The number of hydrogen-bond donors (Lipinski definition) is 1. The Balaban J connectivity index is 1.62. The maximum absolute atomic E-state index is 12.9. The number of anilines is 1. The first kappa shape index (κ1) is 22.0. The van der Waals surface area contributed by atoms with Crippen LogP contribution in [0.15, 0.2) is 41.8 Å². The molecule has 0 spiro atoms. The van der Waals surface area contributed by atoms with Crippen molar-refractivity contribution >= 4 is 33.4 Å². The van der Waals surface area contributed by atoms with Gasteiger partial charge in [0.2, 0.25) is 15.9 Å². The Labute approximate surface area is 176 Å². The number of amides is 3. The van der Waals surface area contributed by atoms with Gasteiger partial charge in [-0.15, -0.1) is 6.58 Å². The SMILES string of the molecule is C=CCN1CCN(C2CCN(S(=O)(=O)c3ccc(NC(C)=O)cc3)CC2)C(=O)C1=O. The van der Waals surface area contributed by atoms with Crippen LogP contribution in [0.25, 0.3) is 0 Å². The highest BCUT2D eigenvalue weighted by atomic mass is 32.2. The molecular formula is C20H26N4O5S. The van der Waals surface area contributed by atoms with Crippen molar-refractivity contribution in [2.75, 3.05) is 38.0 Å². The van der Waals surface area contributed by atoms with Gasteiger partial charge in [-0.2, -0.15) is 4.31 Å². The molecule has 30 heavy (non-hydrogen) atoms. The molecule has 1 aromatic rings. The second-order valence-corrected chi connectivity index (χ2v) is 9.32. The fourth-order valence-corrected chi connectivity index (χ4v) is 5.29. The normalized spacial score (nSPS) is 19.1. The van der Waals surface area contributed by atoms with Crippen molar-refractivity contribution in [1.82, 2.24) is 14.1 Å². The Morgan fingerprint density at radius 3 is 2.30 bits per heavy atom. The molecule has 10 heteroatoms. The smallest absolute Gasteiger partial charge is 0.312 e. The van der Waals surface area contributed by atoms with Crippen molar-refractivity contribution in [3.8, 4) is 0 Å². The predicted octanol–water partition coefficient (Wildman–Crippen LogP) is 0.655. The van der Waals surface area contributed by atoms with Crippen LogP contribution < -0.4 is 5.32 Å². The van der Waals surface area contributed by atoms with Crippen molar-refractivity contribution in [1.29, 1.82) is 0 Å². The number of piperazine rings is 1. The van der Waals surface area contributed by atoms with E-state index in [-0.39, 0.29) is 29.9 Å². The number of nitrogens with zero attached hydrogens (tertiary/aromatic N) is 3. The van der Waals surface area contributed by atoms with E-state index in [1.54, 1.807) is 23.1 Å². The molecule has 2 fully saturated rings. The van der Waals surface area contributed by atoms with Gasteiger partial charge in [0, 0.05) is 51.4 Å². The van der Waals surface area contributed by atoms with E-state index in [9.17, 15) is 22.8 Å². The maximum Gasteiger partial charge on any atom is 0.312 e. The Hall–Kier alpha value is -2.72. The molecule has 0 bridgehead atoms. The lowest BCUT2D eigenvalue weighted by Gasteiger charge is -2.41. The Morgan fingerprint density at radius 2 is 1.73 bits per heavy atom. The van der Waals surface area contributed by atoms with Crippen molar-refractivity contribution in [2.24, 2.45) is 0 Å². The fraction of sp³-hybridized carbons (Fsp3) is 0.450. The van der Waals surface area contributed by atoms with Crippen LogP contribution in [-0.4, -0.2) is 79.0 Å².